The van der Waals surface area contributed by atoms with Crippen molar-refractivity contribution in [3.8, 4) is 6.07 Å². The first kappa shape index (κ1) is 15.2. The minimum atomic E-state index is -0.771. The molecule has 1 N–H and O–H groups in total. The molecule has 0 bridgehead atoms. The van der Waals surface area contributed by atoms with Gasteiger partial charge in [-0.25, -0.2) is 0 Å². The van der Waals surface area contributed by atoms with E-state index in [-0.39, 0.29) is 12.3 Å². The summed E-state index contributed by atoms with van der Waals surface area (Å²) in [6.45, 7) is 4.10. The SMILES string of the molecule is CC(C)C(C#N)(CCCCC(=O)O)c1ccccc1. The first-order valence-corrected chi connectivity index (χ1v) is 6.71. The predicted molar refractivity (Wildman–Crippen MR) is 74.7 cm³/mol. The fourth-order valence-electron chi connectivity index (χ4n) is 2.43. The number of carboxylic acid groups (broad SMARTS) is 1. The van der Waals surface area contributed by atoms with Crippen LogP contribution < -0.4 is 0 Å². The molecule has 102 valence electrons. The van der Waals surface area contributed by atoms with E-state index in [9.17, 15) is 10.1 Å². The number of carbonyl (C=O) groups is 1. The largest absolute Gasteiger partial charge is 0.481 e. The highest BCUT2D eigenvalue weighted by Gasteiger charge is 2.35. The summed E-state index contributed by atoms with van der Waals surface area (Å²) in [5.74, 6) is -0.573. The Labute approximate surface area is 114 Å². The van der Waals surface area contributed by atoms with E-state index in [1.807, 2.05) is 44.2 Å². The predicted octanol–water partition coefficient (Wildman–Crippen LogP) is 3.75. The van der Waals surface area contributed by atoms with Crippen molar-refractivity contribution in [2.45, 2.75) is 44.9 Å². The van der Waals surface area contributed by atoms with Gasteiger partial charge in [0.05, 0.1) is 11.5 Å². The summed E-state index contributed by atoms with van der Waals surface area (Å²) >= 11 is 0. The number of hydrogen-bond acceptors (Lipinski definition) is 2. The van der Waals surface area contributed by atoms with Crippen LogP contribution in [0.15, 0.2) is 30.3 Å². The summed E-state index contributed by atoms with van der Waals surface area (Å²) in [7, 11) is 0. The van der Waals surface area contributed by atoms with Crippen LogP contribution in [0.1, 0.15) is 45.1 Å². The molecule has 3 nitrogen and oxygen atoms in total. The quantitative estimate of drug-likeness (QED) is 0.758. The minimum Gasteiger partial charge on any atom is -0.481 e. The average Bonchev–Trinajstić information content (AvgIpc) is 2.39. The van der Waals surface area contributed by atoms with E-state index < -0.39 is 11.4 Å². The molecule has 1 atom stereocenters. The van der Waals surface area contributed by atoms with Gasteiger partial charge >= 0.3 is 5.97 Å². The molecular weight excluding hydrogens is 238 g/mol. The number of hydrogen-bond donors (Lipinski definition) is 1. The number of aliphatic carboxylic acids is 1. The van der Waals surface area contributed by atoms with E-state index >= 15 is 0 Å². The number of benzene rings is 1. The van der Waals surface area contributed by atoms with Crippen LogP contribution >= 0.6 is 0 Å². The summed E-state index contributed by atoms with van der Waals surface area (Å²) in [4.78, 5) is 10.5. The van der Waals surface area contributed by atoms with E-state index in [0.29, 0.717) is 12.8 Å². The fraction of sp³-hybridized carbons (Fsp3) is 0.500. The monoisotopic (exact) mass is 259 g/mol. The molecule has 0 amide bonds. The molecule has 1 aromatic carbocycles. The van der Waals surface area contributed by atoms with Crippen molar-refractivity contribution in [3.63, 3.8) is 0 Å². The summed E-state index contributed by atoms with van der Waals surface area (Å²) in [5, 5.41) is 18.3. The summed E-state index contributed by atoms with van der Waals surface area (Å²) < 4.78 is 0. The van der Waals surface area contributed by atoms with Gasteiger partial charge in [-0.1, -0.05) is 50.6 Å². The maximum Gasteiger partial charge on any atom is 0.303 e. The molecule has 3 heteroatoms. The molecule has 19 heavy (non-hydrogen) atoms. The van der Waals surface area contributed by atoms with Crippen molar-refractivity contribution in [1.82, 2.24) is 0 Å². The van der Waals surface area contributed by atoms with Crippen LogP contribution in [-0.4, -0.2) is 11.1 Å². The van der Waals surface area contributed by atoms with Crippen molar-refractivity contribution >= 4 is 5.97 Å². The van der Waals surface area contributed by atoms with Gasteiger partial charge in [-0.15, -0.1) is 0 Å². The van der Waals surface area contributed by atoms with E-state index in [1.165, 1.54) is 0 Å². The van der Waals surface area contributed by atoms with Gasteiger partial charge < -0.3 is 5.11 Å². The second-order valence-electron chi connectivity index (χ2n) is 5.20. The smallest absolute Gasteiger partial charge is 0.303 e. The van der Waals surface area contributed by atoms with Gasteiger partial charge in [-0.05, 0) is 24.3 Å². The lowest BCUT2D eigenvalue weighted by atomic mass is 9.69. The van der Waals surface area contributed by atoms with Gasteiger partial charge in [0.1, 0.15) is 0 Å². The zero-order valence-electron chi connectivity index (χ0n) is 11.6. The molecule has 0 saturated heterocycles. The first-order chi connectivity index (χ1) is 9.03. The zero-order valence-corrected chi connectivity index (χ0v) is 11.6. The summed E-state index contributed by atoms with van der Waals surface area (Å²) in [5.41, 5.74) is 0.516. The van der Waals surface area contributed by atoms with Crippen molar-refractivity contribution in [2.24, 2.45) is 5.92 Å². The fourth-order valence-corrected chi connectivity index (χ4v) is 2.43. The van der Waals surface area contributed by atoms with E-state index in [4.69, 9.17) is 5.11 Å². The van der Waals surface area contributed by atoms with Crippen molar-refractivity contribution in [2.75, 3.05) is 0 Å². The molecular formula is C16H21NO2. The minimum absolute atomic E-state index is 0.175. The molecule has 1 unspecified atom stereocenters. The topological polar surface area (TPSA) is 61.1 Å². The Morgan fingerprint density at radius 1 is 1.32 bits per heavy atom. The van der Waals surface area contributed by atoms with Crippen LogP contribution in [0.25, 0.3) is 0 Å². The number of nitrogens with zero attached hydrogens (tertiary/aromatic N) is 1. The standard InChI is InChI=1S/C16H21NO2/c1-13(2)16(12-17,11-7-6-10-15(18)19)14-8-4-3-5-9-14/h3-5,8-9,13H,6-7,10-11H2,1-2H3,(H,18,19). The molecule has 1 aromatic rings. The third-order valence-corrected chi connectivity index (χ3v) is 3.69. The van der Waals surface area contributed by atoms with Crippen LogP contribution in [0.4, 0.5) is 0 Å². The van der Waals surface area contributed by atoms with Crippen molar-refractivity contribution < 1.29 is 9.90 Å². The normalized spacial score (nSPS) is 13.8. The van der Waals surface area contributed by atoms with Gasteiger partial charge in [0, 0.05) is 6.42 Å². The van der Waals surface area contributed by atoms with Crippen molar-refractivity contribution in [3.05, 3.63) is 35.9 Å². The second-order valence-corrected chi connectivity index (χ2v) is 5.20. The zero-order chi connectivity index (χ0) is 14.3. The lowest BCUT2D eigenvalue weighted by Gasteiger charge is -2.31. The highest BCUT2D eigenvalue weighted by molar-refractivity contribution is 5.66. The highest BCUT2D eigenvalue weighted by atomic mass is 16.4. The molecule has 0 aliphatic rings. The van der Waals surface area contributed by atoms with Crippen LogP contribution in [0, 0.1) is 17.2 Å². The Kier molecular flexibility index (Phi) is 5.57. The first-order valence-electron chi connectivity index (χ1n) is 6.71. The molecule has 0 spiro atoms. The third kappa shape index (κ3) is 3.82. The van der Waals surface area contributed by atoms with Crippen molar-refractivity contribution in [1.29, 1.82) is 5.26 Å². The highest BCUT2D eigenvalue weighted by Crippen LogP contribution is 2.36. The maximum atomic E-state index is 10.5. The molecule has 0 fully saturated rings. The third-order valence-electron chi connectivity index (χ3n) is 3.69. The molecule has 0 saturated carbocycles. The van der Waals surface area contributed by atoms with Crippen LogP contribution in [0.5, 0.6) is 0 Å². The molecule has 0 aliphatic carbocycles. The molecule has 0 aromatic heterocycles. The lowest BCUT2D eigenvalue weighted by Crippen LogP contribution is -2.30. The van der Waals surface area contributed by atoms with Gasteiger partial charge in [0.25, 0.3) is 0 Å². The van der Waals surface area contributed by atoms with Gasteiger partial charge in [-0.2, -0.15) is 5.26 Å². The molecule has 0 radical (unpaired) electrons. The van der Waals surface area contributed by atoms with Crippen LogP contribution in [0.2, 0.25) is 0 Å². The Bertz CT molecular complexity index is 448. The Morgan fingerprint density at radius 2 is 1.95 bits per heavy atom. The number of rotatable bonds is 7. The second kappa shape index (κ2) is 6.94. The Balaban J connectivity index is 2.83. The number of unbranched alkanes of at least 4 members (excludes halogenated alkanes) is 1. The van der Waals surface area contributed by atoms with Crippen LogP contribution in [0.3, 0.4) is 0 Å². The van der Waals surface area contributed by atoms with Crippen LogP contribution in [-0.2, 0) is 10.2 Å². The van der Waals surface area contributed by atoms with E-state index in [0.717, 1.165) is 12.0 Å². The maximum absolute atomic E-state index is 10.5. The van der Waals surface area contributed by atoms with E-state index in [1.54, 1.807) is 0 Å². The summed E-state index contributed by atoms with van der Waals surface area (Å²) in [6.07, 6.45) is 2.26. The molecule has 0 aliphatic heterocycles. The van der Waals surface area contributed by atoms with E-state index in [2.05, 4.69) is 6.07 Å². The number of nitriles is 1. The lowest BCUT2D eigenvalue weighted by molar-refractivity contribution is -0.137. The van der Waals surface area contributed by atoms with Gasteiger partial charge in [0.15, 0.2) is 0 Å². The average molecular weight is 259 g/mol. The molecule has 1 rings (SSSR count). The Hall–Kier alpha value is -1.82. The number of carboxylic acids is 1. The molecule has 0 heterocycles. The Morgan fingerprint density at radius 3 is 2.42 bits per heavy atom. The summed E-state index contributed by atoms with van der Waals surface area (Å²) in [6, 6.07) is 12.3. The van der Waals surface area contributed by atoms with Gasteiger partial charge in [0.2, 0.25) is 0 Å². The van der Waals surface area contributed by atoms with Gasteiger partial charge in [-0.3, -0.25) is 4.79 Å².